The van der Waals surface area contributed by atoms with Crippen molar-refractivity contribution in [3.63, 3.8) is 0 Å². The summed E-state index contributed by atoms with van der Waals surface area (Å²) in [5.74, 6) is 1.41. The minimum Gasteiger partial charge on any atom is -0.338 e. The van der Waals surface area contributed by atoms with Crippen LogP contribution in [0.3, 0.4) is 0 Å². The number of piperazine rings is 1. The van der Waals surface area contributed by atoms with Crippen LogP contribution in [0.2, 0.25) is 0 Å². The first-order chi connectivity index (χ1) is 12.1. The van der Waals surface area contributed by atoms with E-state index >= 15 is 0 Å². The van der Waals surface area contributed by atoms with Crippen LogP contribution in [0.15, 0.2) is 28.9 Å². The molecule has 0 amide bonds. The Morgan fingerprint density at radius 3 is 2.60 bits per heavy atom. The Kier molecular flexibility index (Phi) is 4.27. The zero-order chi connectivity index (χ0) is 17.4. The molecule has 1 aliphatic heterocycles. The van der Waals surface area contributed by atoms with E-state index in [1.165, 1.54) is 5.69 Å². The third kappa shape index (κ3) is 3.29. The van der Waals surface area contributed by atoms with Gasteiger partial charge in [0.2, 0.25) is 5.89 Å². The number of nitrogens with zero attached hydrogens (tertiary/aromatic N) is 6. The number of hydrogen-bond donors (Lipinski definition) is 0. The van der Waals surface area contributed by atoms with Gasteiger partial charge in [-0.1, -0.05) is 11.2 Å². The Balaban J connectivity index is 1.37. The Morgan fingerprint density at radius 2 is 1.92 bits per heavy atom. The van der Waals surface area contributed by atoms with Crippen LogP contribution in [0, 0.1) is 13.8 Å². The van der Waals surface area contributed by atoms with Crippen LogP contribution in [0.25, 0.3) is 5.65 Å². The fourth-order valence-corrected chi connectivity index (χ4v) is 3.45. The number of pyridine rings is 1. The fourth-order valence-electron chi connectivity index (χ4n) is 3.45. The molecule has 1 unspecified atom stereocenters. The van der Waals surface area contributed by atoms with Crippen LogP contribution in [-0.2, 0) is 6.54 Å². The summed E-state index contributed by atoms with van der Waals surface area (Å²) in [6, 6.07) is 6.39. The second-order valence-corrected chi connectivity index (χ2v) is 6.80. The molecular formula is C18H24N6O. The third-order valence-electron chi connectivity index (χ3n) is 4.99. The predicted octanol–water partition coefficient (Wildman–Crippen LogP) is 2.21. The highest BCUT2D eigenvalue weighted by atomic mass is 16.5. The molecule has 3 aromatic heterocycles. The Morgan fingerprint density at radius 1 is 1.12 bits per heavy atom. The van der Waals surface area contributed by atoms with E-state index in [9.17, 15) is 0 Å². The summed E-state index contributed by atoms with van der Waals surface area (Å²) in [5.41, 5.74) is 3.36. The van der Waals surface area contributed by atoms with Crippen LogP contribution >= 0.6 is 0 Å². The normalized spacial score (nSPS) is 18.0. The Labute approximate surface area is 147 Å². The summed E-state index contributed by atoms with van der Waals surface area (Å²) in [5, 5.41) is 3.90. The SMILES string of the molecule is Cc1noc(C(C)N2CCN(Cc3cn4c(C)cccc4n3)CC2)n1. The van der Waals surface area contributed by atoms with Crippen molar-refractivity contribution in [1.82, 2.24) is 29.3 Å². The predicted molar refractivity (Wildman–Crippen MR) is 94.2 cm³/mol. The molecule has 1 fully saturated rings. The molecular weight excluding hydrogens is 316 g/mol. The maximum atomic E-state index is 5.32. The topological polar surface area (TPSA) is 62.7 Å². The van der Waals surface area contributed by atoms with E-state index in [2.05, 4.69) is 62.6 Å². The average molecular weight is 340 g/mol. The van der Waals surface area contributed by atoms with Crippen molar-refractivity contribution in [3.8, 4) is 0 Å². The highest BCUT2D eigenvalue weighted by Crippen LogP contribution is 2.20. The first-order valence-corrected chi connectivity index (χ1v) is 8.80. The Bertz CT molecular complexity index is 861. The zero-order valence-electron chi connectivity index (χ0n) is 15.0. The lowest BCUT2D eigenvalue weighted by molar-refractivity contribution is 0.0839. The highest BCUT2D eigenvalue weighted by Gasteiger charge is 2.25. The summed E-state index contributed by atoms with van der Waals surface area (Å²) in [4.78, 5) is 14.0. The summed E-state index contributed by atoms with van der Waals surface area (Å²) in [6.45, 7) is 11.0. The van der Waals surface area contributed by atoms with Crippen molar-refractivity contribution in [2.45, 2.75) is 33.4 Å². The molecule has 25 heavy (non-hydrogen) atoms. The molecule has 4 rings (SSSR count). The molecule has 0 bridgehead atoms. The quantitative estimate of drug-likeness (QED) is 0.726. The zero-order valence-corrected chi connectivity index (χ0v) is 15.0. The monoisotopic (exact) mass is 340 g/mol. The molecule has 3 aromatic rings. The van der Waals surface area contributed by atoms with Gasteiger partial charge in [-0.2, -0.15) is 4.98 Å². The van der Waals surface area contributed by atoms with E-state index < -0.39 is 0 Å². The van der Waals surface area contributed by atoms with E-state index in [0.717, 1.165) is 44.1 Å². The minimum atomic E-state index is 0.168. The van der Waals surface area contributed by atoms with E-state index in [4.69, 9.17) is 9.51 Å². The number of aromatic nitrogens is 4. The first-order valence-electron chi connectivity index (χ1n) is 8.80. The molecule has 0 radical (unpaired) electrons. The number of hydrogen-bond acceptors (Lipinski definition) is 6. The van der Waals surface area contributed by atoms with Gasteiger partial charge in [0.15, 0.2) is 5.82 Å². The summed E-state index contributed by atoms with van der Waals surface area (Å²) < 4.78 is 7.48. The lowest BCUT2D eigenvalue weighted by atomic mass is 10.2. The van der Waals surface area contributed by atoms with Crippen molar-refractivity contribution < 1.29 is 4.52 Å². The standard InChI is InChI=1S/C18H24N6O/c1-13-5-4-6-17-20-16(12-24(13)17)11-22-7-9-23(10-8-22)14(2)18-19-15(3)21-25-18/h4-6,12,14H,7-11H2,1-3H3. The van der Waals surface area contributed by atoms with Gasteiger partial charge >= 0.3 is 0 Å². The van der Waals surface area contributed by atoms with Crippen LogP contribution in [0.4, 0.5) is 0 Å². The number of fused-ring (bicyclic) bond motifs is 1. The summed E-state index contributed by atoms with van der Waals surface area (Å²) >= 11 is 0. The van der Waals surface area contributed by atoms with Crippen molar-refractivity contribution in [1.29, 1.82) is 0 Å². The Hall–Kier alpha value is -2.25. The smallest absolute Gasteiger partial charge is 0.243 e. The molecule has 0 aliphatic carbocycles. The van der Waals surface area contributed by atoms with Gasteiger partial charge in [-0.05, 0) is 32.9 Å². The minimum absolute atomic E-state index is 0.168. The van der Waals surface area contributed by atoms with E-state index in [1.807, 2.05) is 6.92 Å². The molecule has 132 valence electrons. The van der Waals surface area contributed by atoms with Gasteiger partial charge in [-0.25, -0.2) is 4.98 Å². The third-order valence-corrected chi connectivity index (χ3v) is 4.99. The summed E-state index contributed by atoms with van der Waals surface area (Å²) in [6.07, 6.45) is 2.15. The van der Waals surface area contributed by atoms with Crippen LogP contribution < -0.4 is 0 Å². The number of aryl methyl sites for hydroxylation is 2. The maximum absolute atomic E-state index is 5.32. The molecule has 0 saturated carbocycles. The van der Waals surface area contributed by atoms with Gasteiger partial charge < -0.3 is 8.92 Å². The molecule has 1 aliphatic rings. The van der Waals surface area contributed by atoms with Gasteiger partial charge in [0, 0.05) is 44.6 Å². The second kappa shape index (κ2) is 6.57. The molecule has 7 heteroatoms. The largest absolute Gasteiger partial charge is 0.338 e. The summed E-state index contributed by atoms with van der Waals surface area (Å²) in [7, 11) is 0. The molecule has 0 aromatic carbocycles. The van der Waals surface area contributed by atoms with Crippen molar-refractivity contribution >= 4 is 5.65 Å². The molecule has 0 N–H and O–H groups in total. The van der Waals surface area contributed by atoms with Crippen LogP contribution in [0.1, 0.15) is 36.1 Å². The van der Waals surface area contributed by atoms with Gasteiger partial charge in [0.05, 0.1) is 11.7 Å². The second-order valence-electron chi connectivity index (χ2n) is 6.80. The average Bonchev–Trinajstić information content (AvgIpc) is 3.22. The number of rotatable bonds is 4. The molecule has 0 spiro atoms. The van der Waals surface area contributed by atoms with Crippen LogP contribution in [-0.4, -0.2) is 55.5 Å². The first kappa shape index (κ1) is 16.2. The van der Waals surface area contributed by atoms with Crippen molar-refractivity contribution in [3.05, 3.63) is 47.5 Å². The van der Waals surface area contributed by atoms with Crippen molar-refractivity contribution in [2.24, 2.45) is 0 Å². The lowest BCUT2D eigenvalue weighted by Gasteiger charge is -2.36. The van der Waals surface area contributed by atoms with Crippen molar-refractivity contribution in [2.75, 3.05) is 26.2 Å². The highest BCUT2D eigenvalue weighted by molar-refractivity contribution is 5.41. The maximum Gasteiger partial charge on any atom is 0.243 e. The molecule has 4 heterocycles. The molecule has 7 nitrogen and oxygen atoms in total. The van der Waals surface area contributed by atoms with Gasteiger partial charge in [0.1, 0.15) is 5.65 Å². The fraction of sp³-hybridized carbons (Fsp3) is 0.500. The van der Waals surface area contributed by atoms with Gasteiger partial charge in [-0.15, -0.1) is 0 Å². The van der Waals surface area contributed by atoms with E-state index in [1.54, 1.807) is 0 Å². The lowest BCUT2D eigenvalue weighted by Crippen LogP contribution is -2.46. The molecule has 1 saturated heterocycles. The van der Waals surface area contributed by atoms with Gasteiger partial charge in [0.25, 0.3) is 0 Å². The van der Waals surface area contributed by atoms with Gasteiger partial charge in [-0.3, -0.25) is 9.80 Å². The van der Waals surface area contributed by atoms with E-state index in [-0.39, 0.29) is 6.04 Å². The number of imidazole rings is 1. The van der Waals surface area contributed by atoms with Crippen LogP contribution in [0.5, 0.6) is 0 Å². The molecule has 1 atom stereocenters. The van der Waals surface area contributed by atoms with E-state index in [0.29, 0.717) is 11.7 Å².